The molecule has 0 aromatic rings. The third-order valence-electron chi connectivity index (χ3n) is 2.64. The molecule has 0 aliphatic heterocycles. The second kappa shape index (κ2) is 5.29. The van der Waals surface area contributed by atoms with Crippen LogP contribution in [0.3, 0.4) is 0 Å². The lowest BCUT2D eigenvalue weighted by Crippen LogP contribution is -2.12. The number of aliphatic carboxylic acids is 1. The van der Waals surface area contributed by atoms with Gasteiger partial charge >= 0.3 is 12.1 Å². The van der Waals surface area contributed by atoms with Crippen LogP contribution in [0.2, 0.25) is 0 Å². The SMILES string of the molecule is O=C(O)CC1(CSCCCC(F)(F)F)CC1. The Morgan fingerprint density at radius 3 is 2.44 bits per heavy atom. The van der Waals surface area contributed by atoms with Gasteiger partial charge in [-0.3, -0.25) is 4.79 Å². The van der Waals surface area contributed by atoms with Crippen molar-refractivity contribution in [2.24, 2.45) is 5.41 Å². The molecule has 0 heterocycles. The molecule has 1 aliphatic carbocycles. The number of hydrogen-bond acceptors (Lipinski definition) is 2. The summed E-state index contributed by atoms with van der Waals surface area (Å²) in [5.41, 5.74) is -0.116. The molecule has 1 saturated carbocycles. The number of carbonyl (C=O) groups is 1. The first-order valence-electron chi connectivity index (χ1n) is 5.19. The lowest BCUT2D eigenvalue weighted by Gasteiger charge is -2.11. The van der Waals surface area contributed by atoms with Crippen molar-refractivity contribution in [2.45, 2.75) is 38.3 Å². The molecule has 0 radical (unpaired) electrons. The third-order valence-corrected chi connectivity index (χ3v) is 4.03. The van der Waals surface area contributed by atoms with E-state index in [2.05, 4.69) is 0 Å². The Kier molecular flexibility index (Phi) is 4.52. The van der Waals surface area contributed by atoms with Crippen LogP contribution >= 0.6 is 11.8 Å². The van der Waals surface area contributed by atoms with Gasteiger partial charge in [-0.2, -0.15) is 24.9 Å². The number of halogens is 3. The minimum atomic E-state index is -4.07. The molecule has 16 heavy (non-hydrogen) atoms. The van der Waals surface area contributed by atoms with Gasteiger partial charge in [0.25, 0.3) is 0 Å². The van der Waals surface area contributed by atoms with E-state index in [1.165, 1.54) is 11.8 Å². The van der Waals surface area contributed by atoms with Gasteiger partial charge in [0.05, 0.1) is 6.42 Å². The fraction of sp³-hybridized carbons (Fsp3) is 0.900. The van der Waals surface area contributed by atoms with Crippen LogP contribution in [0.15, 0.2) is 0 Å². The van der Waals surface area contributed by atoms with E-state index >= 15 is 0 Å². The molecular formula is C10H15F3O2S. The third kappa shape index (κ3) is 5.63. The van der Waals surface area contributed by atoms with E-state index in [0.717, 1.165) is 12.8 Å². The van der Waals surface area contributed by atoms with E-state index in [0.29, 0.717) is 11.5 Å². The van der Waals surface area contributed by atoms with Crippen molar-refractivity contribution < 1.29 is 23.1 Å². The van der Waals surface area contributed by atoms with Gasteiger partial charge in [0.2, 0.25) is 0 Å². The highest BCUT2D eigenvalue weighted by Crippen LogP contribution is 2.51. The lowest BCUT2D eigenvalue weighted by molar-refractivity contribution is -0.138. The zero-order chi connectivity index (χ0) is 12.2. The first kappa shape index (κ1) is 13.7. The van der Waals surface area contributed by atoms with Crippen molar-refractivity contribution in [3.8, 4) is 0 Å². The fourth-order valence-electron chi connectivity index (χ4n) is 1.53. The quantitative estimate of drug-likeness (QED) is 0.710. The molecular weight excluding hydrogens is 241 g/mol. The summed E-state index contributed by atoms with van der Waals surface area (Å²) in [4.78, 5) is 10.5. The predicted octanol–water partition coefficient (Wildman–Crippen LogP) is 3.32. The number of hydrogen-bond donors (Lipinski definition) is 1. The summed E-state index contributed by atoms with van der Waals surface area (Å²) in [6.07, 6.45) is -2.75. The van der Waals surface area contributed by atoms with Crippen LogP contribution < -0.4 is 0 Å². The molecule has 1 aliphatic rings. The largest absolute Gasteiger partial charge is 0.481 e. The Bertz CT molecular complexity index is 249. The van der Waals surface area contributed by atoms with Crippen LogP contribution in [0.5, 0.6) is 0 Å². The van der Waals surface area contributed by atoms with Gasteiger partial charge in [-0.1, -0.05) is 0 Å². The molecule has 0 aromatic carbocycles. The summed E-state index contributed by atoms with van der Waals surface area (Å²) in [6.45, 7) is 0. The second-order valence-electron chi connectivity index (χ2n) is 4.34. The summed E-state index contributed by atoms with van der Waals surface area (Å²) in [5.74, 6) is 0.325. The minimum absolute atomic E-state index is 0.116. The Labute approximate surface area is 96.6 Å². The Morgan fingerprint density at radius 1 is 1.38 bits per heavy atom. The molecule has 2 nitrogen and oxygen atoms in total. The zero-order valence-corrected chi connectivity index (χ0v) is 9.66. The van der Waals surface area contributed by atoms with Crippen molar-refractivity contribution in [1.82, 2.24) is 0 Å². The van der Waals surface area contributed by atoms with Crippen LogP contribution in [-0.2, 0) is 4.79 Å². The standard InChI is InChI=1S/C10H15F3O2S/c11-10(12,13)2-1-5-16-7-9(3-4-9)6-8(14)15/h1-7H2,(H,14,15). The number of thioether (sulfide) groups is 1. The van der Waals surface area contributed by atoms with E-state index < -0.39 is 18.6 Å². The lowest BCUT2D eigenvalue weighted by atomic mass is 10.1. The van der Waals surface area contributed by atoms with Crippen molar-refractivity contribution in [2.75, 3.05) is 11.5 Å². The van der Waals surface area contributed by atoms with Gasteiger partial charge in [0, 0.05) is 6.42 Å². The van der Waals surface area contributed by atoms with Gasteiger partial charge in [0.15, 0.2) is 0 Å². The maximum atomic E-state index is 11.8. The highest BCUT2D eigenvalue weighted by atomic mass is 32.2. The van der Waals surface area contributed by atoms with E-state index in [-0.39, 0.29) is 18.3 Å². The average molecular weight is 256 g/mol. The zero-order valence-electron chi connectivity index (χ0n) is 8.85. The highest BCUT2D eigenvalue weighted by Gasteiger charge is 2.44. The van der Waals surface area contributed by atoms with Crippen molar-refractivity contribution in [3.05, 3.63) is 0 Å². The van der Waals surface area contributed by atoms with E-state index in [1.807, 2.05) is 0 Å². The molecule has 0 unspecified atom stereocenters. The maximum Gasteiger partial charge on any atom is 0.389 e. The molecule has 1 rings (SSSR count). The van der Waals surface area contributed by atoms with Gasteiger partial charge in [-0.25, -0.2) is 0 Å². The van der Waals surface area contributed by atoms with Gasteiger partial charge in [0.1, 0.15) is 0 Å². The van der Waals surface area contributed by atoms with E-state index in [4.69, 9.17) is 5.11 Å². The second-order valence-corrected chi connectivity index (χ2v) is 5.45. The maximum absolute atomic E-state index is 11.8. The summed E-state index contributed by atoms with van der Waals surface area (Å²) in [6, 6.07) is 0. The summed E-state index contributed by atoms with van der Waals surface area (Å²) >= 11 is 1.44. The summed E-state index contributed by atoms with van der Waals surface area (Å²) < 4.78 is 35.4. The monoisotopic (exact) mass is 256 g/mol. The summed E-state index contributed by atoms with van der Waals surface area (Å²) in [5, 5.41) is 8.64. The minimum Gasteiger partial charge on any atom is -0.481 e. The van der Waals surface area contributed by atoms with Crippen LogP contribution in [0.25, 0.3) is 0 Å². The van der Waals surface area contributed by atoms with Gasteiger partial charge in [-0.05, 0) is 36.2 Å². The average Bonchev–Trinajstić information content (AvgIpc) is 2.81. The highest BCUT2D eigenvalue weighted by molar-refractivity contribution is 7.99. The number of carboxylic acids is 1. The predicted molar refractivity (Wildman–Crippen MR) is 56.5 cm³/mol. The molecule has 0 saturated heterocycles. The number of alkyl halides is 3. The van der Waals surface area contributed by atoms with E-state index in [9.17, 15) is 18.0 Å². The van der Waals surface area contributed by atoms with Crippen LogP contribution in [0.4, 0.5) is 13.2 Å². The van der Waals surface area contributed by atoms with Crippen molar-refractivity contribution in [1.29, 1.82) is 0 Å². The normalized spacial score (nSPS) is 18.4. The van der Waals surface area contributed by atoms with Crippen molar-refractivity contribution >= 4 is 17.7 Å². The molecule has 94 valence electrons. The van der Waals surface area contributed by atoms with Crippen LogP contribution in [0, 0.1) is 5.41 Å². The van der Waals surface area contributed by atoms with Gasteiger partial charge < -0.3 is 5.11 Å². The van der Waals surface area contributed by atoms with Gasteiger partial charge in [-0.15, -0.1) is 0 Å². The Hall–Kier alpha value is -0.390. The fourth-order valence-corrected chi connectivity index (χ4v) is 2.85. The molecule has 0 aromatic heterocycles. The Balaban J connectivity index is 2.05. The number of rotatable bonds is 7. The summed E-state index contributed by atoms with van der Waals surface area (Å²) in [7, 11) is 0. The van der Waals surface area contributed by atoms with Crippen LogP contribution in [-0.4, -0.2) is 28.8 Å². The molecule has 0 atom stereocenters. The molecule has 6 heteroatoms. The first-order valence-corrected chi connectivity index (χ1v) is 6.35. The smallest absolute Gasteiger partial charge is 0.389 e. The van der Waals surface area contributed by atoms with Crippen LogP contribution in [0.1, 0.15) is 32.1 Å². The molecule has 1 fully saturated rings. The molecule has 0 amide bonds. The van der Waals surface area contributed by atoms with Crippen molar-refractivity contribution in [3.63, 3.8) is 0 Å². The van der Waals surface area contributed by atoms with E-state index in [1.54, 1.807) is 0 Å². The molecule has 1 N–H and O–H groups in total. The number of carboxylic acid groups (broad SMARTS) is 1. The first-order chi connectivity index (χ1) is 7.33. The molecule has 0 bridgehead atoms. The Morgan fingerprint density at radius 2 is 2.00 bits per heavy atom. The molecule has 0 spiro atoms. The topological polar surface area (TPSA) is 37.3 Å².